The summed E-state index contributed by atoms with van der Waals surface area (Å²) in [4.78, 5) is 0. The Bertz CT molecular complexity index is 585. The molecule has 3 rings (SSSR count). The number of rotatable bonds is 3. The van der Waals surface area contributed by atoms with Gasteiger partial charge in [0.2, 0.25) is 0 Å². The van der Waals surface area contributed by atoms with Gasteiger partial charge >= 0.3 is 0 Å². The zero-order chi connectivity index (χ0) is 13.1. The van der Waals surface area contributed by atoms with Crippen LogP contribution in [0.1, 0.15) is 17.5 Å². The molecule has 0 unspecified atom stereocenters. The molecule has 19 heavy (non-hydrogen) atoms. The zero-order valence-corrected chi connectivity index (χ0v) is 10.9. The van der Waals surface area contributed by atoms with Gasteiger partial charge < -0.3 is 10.2 Å². The van der Waals surface area contributed by atoms with Crippen molar-refractivity contribution in [2.75, 3.05) is 6.54 Å². The van der Waals surface area contributed by atoms with Crippen LogP contribution in [0.2, 0.25) is 0 Å². The highest BCUT2D eigenvalue weighted by Gasteiger charge is 2.08. The van der Waals surface area contributed by atoms with Gasteiger partial charge in [0, 0.05) is 13.0 Å². The average Bonchev–Trinajstić information content (AvgIpc) is 2.96. The Labute approximate surface area is 112 Å². The summed E-state index contributed by atoms with van der Waals surface area (Å²) in [5.74, 6) is 1.71. The normalized spacial score (nSPS) is 13.8. The molecule has 2 aromatic carbocycles. The van der Waals surface area contributed by atoms with Crippen molar-refractivity contribution in [2.24, 2.45) is 5.10 Å². The fourth-order valence-corrected chi connectivity index (χ4v) is 2.05. The van der Waals surface area contributed by atoms with Crippen LogP contribution in [0.5, 0.6) is 11.5 Å². The van der Waals surface area contributed by atoms with Gasteiger partial charge in [-0.2, -0.15) is 5.10 Å². The molecule has 3 heteroatoms. The predicted octanol–water partition coefficient (Wildman–Crippen LogP) is 3.48. The van der Waals surface area contributed by atoms with E-state index in [4.69, 9.17) is 4.74 Å². The summed E-state index contributed by atoms with van der Waals surface area (Å²) in [5.41, 5.74) is 6.49. The molecule has 1 N–H and O–H groups in total. The van der Waals surface area contributed by atoms with Crippen molar-refractivity contribution < 1.29 is 4.74 Å². The fraction of sp³-hybridized carbons (Fsp3) is 0.188. The molecule has 0 saturated heterocycles. The van der Waals surface area contributed by atoms with Crippen molar-refractivity contribution in [3.63, 3.8) is 0 Å². The summed E-state index contributed by atoms with van der Waals surface area (Å²) in [6.45, 7) is 2.99. The van der Waals surface area contributed by atoms with E-state index in [0.717, 1.165) is 35.7 Å². The molecule has 96 valence electrons. The molecule has 3 nitrogen and oxygen atoms in total. The lowest BCUT2D eigenvalue weighted by Gasteiger charge is -2.07. The van der Waals surface area contributed by atoms with E-state index >= 15 is 0 Å². The van der Waals surface area contributed by atoms with Gasteiger partial charge in [0.05, 0.1) is 5.71 Å². The highest BCUT2D eigenvalue weighted by molar-refractivity contribution is 6.01. The summed E-state index contributed by atoms with van der Waals surface area (Å²) >= 11 is 0. The van der Waals surface area contributed by atoms with Crippen LogP contribution in [0.3, 0.4) is 0 Å². The summed E-state index contributed by atoms with van der Waals surface area (Å²) in [6, 6.07) is 16.1. The SMILES string of the molecule is Cc1ccc(Oc2ccc(C3=NNCC3)cc2)cc1. The standard InChI is InChI=1S/C16H16N2O/c1-12-2-6-14(7-3-12)19-15-8-4-13(5-9-15)16-10-11-17-18-16/h2-9,17H,10-11H2,1H3. The number of hydrogen-bond acceptors (Lipinski definition) is 3. The Morgan fingerprint density at radius 1 is 0.947 bits per heavy atom. The van der Waals surface area contributed by atoms with Crippen LogP contribution in [0.25, 0.3) is 0 Å². The van der Waals surface area contributed by atoms with E-state index < -0.39 is 0 Å². The number of hydrogen-bond donors (Lipinski definition) is 1. The largest absolute Gasteiger partial charge is 0.457 e. The summed E-state index contributed by atoms with van der Waals surface area (Å²) in [5, 5.41) is 4.26. The number of ether oxygens (including phenoxy) is 1. The lowest BCUT2D eigenvalue weighted by Crippen LogP contribution is -1.97. The highest BCUT2D eigenvalue weighted by atomic mass is 16.5. The summed E-state index contributed by atoms with van der Waals surface area (Å²) in [6.07, 6.45) is 0.984. The quantitative estimate of drug-likeness (QED) is 0.907. The zero-order valence-electron chi connectivity index (χ0n) is 10.9. The Balaban J connectivity index is 1.73. The van der Waals surface area contributed by atoms with E-state index in [1.54, 1.807) is 0 Å². The topological polar surface area (TPSA) is 33.6 Å². The van der Waals surface area contributed by atoms with Crippen LogP contribution < -0.4 is 10.2 Å². The van der Waals surface area contributed by atoms with Crippen LogP contribution >= 0.6 is 0 Å². The molecule has 1 aliphatic rings. The third-order valence-electron chi connectivity index (χ3n) is 3.13. The Morgan fingerprint density at radius 2 is 1.58 bits per heavy atom. The first-order valence-corrected chi connectivity index (χ1v) is 6.46. The average molecular weight is 252 g/mol. The highest BCUT2D eigenvalue weighted by Crippen LogP contribution is 2.22. The van der Waals surface area contributed by atoms with Crippen LogP contribution in [0.4, 0.5) is 0 Å². The maximum Gasteiger partial charge on any atom is 0.127 e. The minimum absolute atomic E-state index is 0.846. The Hall–Kier alpha value is -2.29. The van der Waals surface area contributed by atoms with E-state index in [1.165, 1.54) is 5.56 Å². The second-order valence-electron chi connectivity index (χ2n) is 4.66. The van der Waals surface area contributed by atoms with Gasteiger partial charge in [-0.15, -0.1) is 0 Å². The number of nitrogens with one attached hydrogen (secondary N) is 1. The van der Waals surface area contributed by atoms with Crippen LogP contribution in [-0.2, 0) is 0 Å². The summed E-state index contributed by atoms with van der Waals surface area (Å²) in [7, 11) is 0. The van der Waals surface area contributed by atoms with E-state index in [9.17, 15) is 0 Å². The molecular weight excluding hydrogens is 236 g/mol. The number of benzene rings is 2. The third kappa shape index (κ3) is 2.76. The first kappa shape index (κ1) is 11.8. The third-order valence-corrected chi connectivity index (χ3v) is 3.13. The predicted molar refractivity (Wildman–Crippen MR) is 76.9 cm³/mol. The van der Waals surface area contributed by atoms with Crippen molar-refractivity contribution in [3.8, 4) is 11.5 Å². The monoisotopic (exact) mass is 252 g/mol. The lowest BCUT2D eigenvalue weighted by molar-refractivity contribution is 0.482. The van der Waals surface area contributed by atoms with Crippen LogP contribution in [-0.4, -0.2) is 12.3 Å². The van der Waals surface area contributed by atoms with E-state index in [-0.39, 0.29) is 0 Å². The van der Waals surface area contributed by atoms with Crippen molar-refractivity contribution >= 4 is 5.71 Å². The molecule has 0 bridgehead atoms. The second kappa shape index (κ2) is 5.14. The summed E-state index contributed by atoms with van der Waals surface area (Å²) < 4.78 is 5.80. The number of hydrazone groups is 1. The molecule has 2 aromatic rings. The van der Waals surface area contributed by atoms with Crippen LogP contribution in [0.15, 0.2) is 53.6 Å². The molecule has 0 atom stereocenters. The number of nitrogens with zero attached hydrogens (tertiary/aromatic N) is 1. The Morgan fingerprint density at radius 3 is 2.16 bits per heavy atom. The van der Waals surface area contributed by atoms with Gasteiger partial charge in [-0.05, 0) is 48.9 Å². The van der Waals surface area contributed by atoms with Gasteiger partial charge in [0.15, 0.2) is 0 Å². The molecule has 0 aliphatic carbocycles. The fourth-order valence-electron chi connectivity index (χ4n) is 2.05. The van der Waals surface area contributed by atoms with Gasteiger partial charge in [0.1, 0.15) is 11.5 Å². The molecule has 1 aliphatic heterocycles. The molecule has 0 amide bonds. The first-order chi connectivity index (χ1) is 9.31. The minimum Gasteiger partial charge on any atom is -0.457 e. The van der Waals surface area contributed by atoms with Crippen molar-refractivity contribution in [2.45, 2.75) is 13.3 Å². The first-order valence-electron chi connectivity index (χ1n) is 6.46. The van der Waals surface area contributed by atoms with Gasteiger partial charge in [-0.3, -0.25) is 0 Å². The van der Waals surface area contributed by atoms with Crippen molar-refractivity contribution in [1.29, 1.82) is 0 Å². The van der Waals surface area contributed by atoms with Gasteiger partial charge in [-0.25, -0.2) is 0 Å². The molecular formula is C16H16N2O. The van der Waals surface area contributed by atoms with Gasteiger partial charge in [-0.1, -0.05) is 17.7 Å². The van der Waals surface area contributed by atoms with Gasteiger partial charge in [0.25, 0.3) is 0 Å². The number of aryl methyl sites for hydroxylation is 1. The smallest absolute Gasteiger partial charge is 0.127 e. The van der Waals surface area contributed by atoms with E-state index in [0.29, 0.717) is 0 Å². The second-order valence-corrected chi connectivity index (χ2v) is 4.66. The van der Waals surface area contributed by atoms with Crippen molar-refractivity contribution in [1.82, 2.24) is 5.43 Å². The molecule has 0 aromatic heterocycles. The molecule has 1 heterocycles. The minimum atomic E-state index is 0.846. The van der Waals surface area contributed by atoms with E-state index in [2.05, 4.69) is 29.6 Å². The van der Waals surface area contributed by atoms with Crippen LogP contribution in [0, 0.1) is 6.92 Å². The maximum atomic E-state index is 5.80. The van der Waals surface area contributed by atoms with Crippen molar-refractivity contribution in [3.05, 3.63) is 59.7 Å². The van der Waals surface area contributed by atoms with E-state index in [1.807, 2.05) is 36.4 Å². The lowest BCUT2D eigenvalue weighted by atomic mass is 10.1. The maximum absolute atomic E-state index is 5.80. The Kier molecular flexibility index (Phi) is 3.19. The molecule has 0 saturated carbocycles. The molecule has 0 spiro atoms. The molecule has 0 fully saturated rings. The molecule has 0 radical (unpaired) electrons.